The second-order valence-corrected chi connectivity index (χ2v) is 5.33. The summed E-state index contributed by atoms with van der Waals surface area (Å²) in [5, 5.41) is 3.21. The molecule has 2 aromatic carbocycles. The van der Waals surface area contributed by atoms with Gasteiger partial charge in [-0.2, -0.15) is 0 Å². The molecule has 112 valence electrons. The average Bonchev–Trinajstić information content (AvgIpc) is 2.48. The van der Waals surface area contributed by atoms with Crippen molar-refractivity contribution >= 4 is 0 Å². The highest BCUT2D eigenvalue weighted by atomic mass is 19.1. The van der Waals surface area contributed by atoms with Gasteiger partial charge in [0, 0.05) is 11.6 Å². The fraction of sp³-hybridized carbons (Fsp3) is 0.333. The summed E-state index contributed by atoms with van der Waals surface area (Å²) in [5.74, 6) is 0.346. The quantitative estimate of drug-likeness (QED) is 0.899. The first-order valence-corrected chi connectivity index (χ1v) is 7.12. The minimum absolute atomic E-state index is 0.123. The third-order valence-corrected chi connectivity index (χ3v) is 3.86. The molecule has 2 rings (SSSR count). The van der Waals surface area contributed by atoms with E-state index >= 15 is 0 Å². The Balaban J connectivity index is 2.39. The van der Waals surface area contributed by atoms with Gasteiger partial charge in [0.15, 0.2) is 0 Å². The molecule has 0 bridgehead atoms. The fourth-order valence-corrected chi connectivity index (χ4v) is 2.62. The van der Waals surface area contributed by atoms with E-state index < -0.39 is 0 Å². The molecule has 0 fully saturated rings. The highest BCUT2D eigenvalue weighted by Gasteiger charge is 2.20. The SMILES string of the molecule is CNC(Cc1cc(C)ccc1C)c1c(F)cccc1OC. The first kappa shape index (κ1) is 15.5. The van der Waals surface area contributed by atoms with Crippen molar-refractivity contribution in [2.45, 2.75) is 26.3 Å². The number of likely N-dealkylation sites (N-methyl/N-ethyl adjacent to an activating group) is 1. The minimum atomic E-state index is -0.237. The molecule has 0 aromatic heterocycles. The van der Waals surface area contributed by atoms with E-state index in [1.54, 1.807) is 19.2 Å². The predicted molar refractivity (Wildman–Crippen MR) is 84.4 cm³/mol. The van der Waals surface area contributed by atoms with E-state index in [-0.39, 0.29) is 11.9 Å². The summed E-state index contributed by atoms with van der Waals surface area (Å²) in [6.07, 6.45) is 0.724. The maximum atomic E-state index is 14.2. The number of benzene rings is 2. The molecule has 3 heteroatoms. The summed E-state index contributed by atoms with van der Waals surface area (Å²) < 4.78 is 19.6. The van der Waals surface area contributed by atoms with Crippen molar-refractivity contribution in [2.75, 3.05) is 14.2 Å². The van der Waals surface area contributed by atoms with E-state index in [1.165, 1.54) is 22.8 Å². The summed E-state index contributed by atoms with van der Waals surface area (Å²) in [7, 11) is 3.42. The lowest BCUT2D eigenvalue weighted by Crippen LogP contribution is -2.21. The average molecular weight is 287 g/mol. The van der Waals surface area contributed by atoms with Crippen molar-refractivity contribution in [3.63, 3.8) is 0 Å². The highest BCUT2D eigenvalue weighted by Crippen LogP contribution is 2.30. The molecule has 21 heavy (non-hydrogen) atoms. The van der Waals surface area contributed by atoms with Crippen molar-refractivity contribution in [3.05, 3.63) is 64.5 Å². The summed E-state index contributed by atoms with van der Waals surface area (Å²) in [6.45, 7) is 4.15. The molecule has 0 aliphatic heterocycles. The number of hydrogen-bond donors (Lipinski definition) is 1. The number of ether oxygens (including phenoxy) is 1. The van der Waals surface area contributed by atoms with Crippen molar-refractivity contribution in [2.24, 2.45) is 0 Å². The zero-order valence-corrected chi connectivity index (χ0v) is 13.0. The number of halogens is 1. The lowest BCUT2D eigenvalue weighted by atomic mass is 9.94. The molecule has 0 radical (unpaired) electrons. The highest BCUT2D eigenvalue weighted by molar-refractivity contribution is 5.39. The number of hydrogen-bond acceptors (Lipinski definition) is 2. The van der Waals surface area contributed by atoms with Gasteiger partial charge in [0.25, 0.3) is 0 Å². The van der Waals surface area contributed by atoms with Crippen LogP contribution in [0.4, 0.5) is 4.39 Å². The number of methoxy groups -OCH3 is 1. The molecule has 2 aromatic rings. The Hall–Kier alpha value is -1.87. The minimum Gasteiger partial charge on any atom is -0.496 e. The van der Waals surface area contributed by atoms with Gasteiger partial charge in [0.05, 0.1) is 7.11 Å². The monoisotopic (exact) mass is 287 g/mol. The third kappa shape index (κ3) is 3.42. The molecular weight excluding hydrogens is 265 g/mol. The van der Waals surface area contributed by atoms with E-state index in [9.17, 15) is 4.39 Å². The molecule has 0 aliphatic rings. The number of aryl methyl sites for hydroxylation is 2. The number of nitrogens with one attached hydrogen (secondary N) is 1. The van der Waals surface area contributed by atoms with Crippen LogP contribution in [0.1, 0.15) is 28.3 Å². The topological polar surface area (TPSA) is 21.3 Å². The van der Waals surface area contributed by atoms with Crippen LogP contribution in [0.25, 0.3) is 0 Å². The molecule has 2 nitrogen and oxygen atoms in total. The van der Waals surface area contributed by atoms with Crippen LogP contribution >= 0.6 is 0 Å². The Labute approximate surface area is 126 Å². The smallest absolute Gasteiger partial charge is 0.131 e. The van der Waals surface area contributed by atoms with Crippen LogP contribution in [0.15, 0.2) is 36.4 Å². The molecule has 0 saturated carbocycles. The molecule has 0 heterocycles. The summed E-state index contributed by atoms with van der Waals surface area (Å²) in [4.78, 5) is 0. The molecule has 1 atom stereocenters. The third-order valence-electron chi connectivity index (χ3n) is 3.86. The van der Waals surface area contributed by atoms with Crippen LogP contribution in [-0.2, 0) is 6.42 Å². The molecule has 0 amide bonds. The Kier molecular flexibility index (Phi) is 4.97. The van der Waals surface area contributed by atoms with E-state index in [1.807, 2.05) is 7.05 Å². The van der Waals surface area contributed by atoms with E-state index in [2.05, 4.69) is 37.4 Å². The number of rotatable bonds is 5. The lowest BCUT2D eigenvalue weighted by molar-refractivity contribution is 0.393. The zero-order valence-electron chi connectivity index (χ0n) is 13.0. The van der Waals surface area contributed by atoms with Gasteiger partial charge in [0.2, 0.25) is 0 Å². The van der Waals surface area contributed by atoms with Gasteiger partial charge in [-0.25, -0.2) is 4.39 Å². The van der Waals surface area contributed by atoms with Crippen molar-refractivity contribution in [1.82, 2.24) is 5.32 Å². The van der Waals surface area contributed by atoms with Crippen molar-refractivity contribution < 1.29 is 9.13 Å². The standard InChI is InChI=1S/C18H22FNO/c1-12-8-9-13(2)14(10-12)11-16(20-3)18-15(19)6-5-7-17(18)21-4/h5-10,16,20H,11H2,1-4H3. The van der Waals surface area contributed by atoms with Gasteiger partial charge in [0.1, 0.15) is 11.6 Å². The molecule has 1 unspecified atom stereocenters. The first-order valence-electron chi connectivity index (χ1n) is 7.12. The molecule has 0 spiro atoms. The first-order chi connectivity index (χ1) is 10.1. The Morgan fingerprint density at radius 2 is 1.95 bits per heavy atom. The van der Waals surface area contributed by atoms with Crippen LogP contribution in [-0.4, -0.2) is 14.2 Å². The van der Waals surface area contributed by atoms with Gasteiger partial charge in [-0.3, -0.25) is 0 Å². The van der Waals surface area contributed by atoms with Gasteiger partial charge < -0.3 is 10.1 Å². The van der Waals surface area contributed by atoms with Crippen LogP contribution in [0.3, 0.4) is 0 Å². The summed E-state index contributed by atoms with van der Waals surface area (Å²) in [6, 6.07) is 11.2. The second-order valence-electron chi connectivity index (χ2n) is 5.33. The molecule has 0 aliphatic carbocycles. The van der Waals surface area contributed by atoms with Gasteiger partial charge >= 0.3 is 0 Å². The van der Waals surface area contributed by atoms with Crippen LogP contribution in [0.2, 0.25) is 0 Å². The van der Waals surface area contributed by atoms with Crippen LogP contribution in [0.5, 0.6) is 5.75 Å². The second kappa shape index (κ2) is 6.72. The van der Waals surface area contributed by atoms with E-state index in [4.69, 9.17) is 4.74 Å². The van der Waals surface area contributed by atoms with Crippen LogP contribution in [0, 0.1) is 19.7 Å². The largest absolute Gasteiger partial charge is 0.496 e. The van der Waals surface area contributed by atoms with Crippen molar-refractivity contribution in [1.29, 1.82) is 0 Å². The maximum Gasteiger partial charge on any atom is 0.131 e. The van der Waals surface area contributed by atoms with Crippen LogP contribution < -0.4 is 10.1 Å². The van der Waals surface area contributed by atoms with Gasteiger partial charge in [-0.05, 0) is 50.6 Å². The maximum absolute atomic E-state index is 14.2. The Bertz CT molecular complexity index is 625. The van der Waals surface area contributed by atoms with E-state index in [0.29, 0.717) is 11.3 Å². The Morgan fingerprint density at radius 1 is 1.19 bits per heavy atom. The molecule has 1 N–H and O–H groups in total. The normalized spacial score (nSPS) is 12.2. The summed E-state index contributed by atoms with van der Waals surface area (Å²) >= 11 is 0. The summed E-state index contributed by atoms with van der Waals surface area (Å²) in [5.41, 5.74) is 4.24. The fourth-order valence-electron chi connectivity index (χ4n) is 2.62. The predicted octanol–water partition coefficient (Wildman–Crippen LogP) is 3.95. The molecular formula is C18H22FNO. The van der Waals surface area contributed by atoms with Crippen molar-refractivity contribution in [3.8, 4) is 5.75 Å². The molecule has 0 saturated heterocycles. The zero-order chi connectivity index (χ0) is 15.4. The Morgan fingerprint density at radius 3 is 2.62 bits per heavy atom. The van der Waals surface area contributed by atoms with E-state index in [0.717, 1.165) is 6.42 Å². The lowest BCUT2D eigenvalue weighted by Gasteiger charge is -2.21. The van der Waals surface area contributed by atoms with Gasteiger partial charge in [-0.15, -0.1) is 0 Å². The van der Waals surface area contributed by atoms with Gasteiger partial charge in [-0.1, -0.05) is 29.8 Å².